The number of aliphatic imine (C=N–C) groups is 1. The highest BCUT2D eigenvalue weighted by Gasteiger charge is 2.36. The van der Waals surface area contributed by atoms with Crippen LogP contribution in [0.4, 0.5) is 43.5 Å². The van der Waals surface area contributed by atoms with Crippen molar-refractivity contribution in [2.75, 3.05) is 36.8 Å². The minimum atomic E-state index is -4.61. The Bertz CT molecular complexity index is 1200. The van der Waals surface area contributed by atoms with Gasteiger partial charge in [0.2, 0.25) is 0 Å². The van der Waals surface area contributed by atoms with Crippen molar-refractivity contribution in [3.05, 3.63) is 66.1 Å². The molecule has 2 aromatic heterocycles. The van der Waals surface area contributed by atoms with E-state index in [1.54, 1.807) is 17.0 Å². The fourth-order valence-corrected chi connectivity index (χ4v) is 3.74. The lowest BCUT2D eigenvalue weighted by molar-refractivity contribution is -0.138. The molecule has 6 nitrogen and oxygen atoms in total. The predicted octanol–water partition coefficient (Wildman–Crippen LogP) is 5.25. The molecule has 0 amide bonds. The molecule has 1 aromatic carbocycles. The molecule has 0 unspecified atom stereocenters. The molecule has 4 rings (SSSR count). The highest BCUT2D eigenvalue weighted by Crippen LogP contribution is 2.40. The molecule has 0 aliphatic carbocycles. The van der Waals surface area contributed by atoms with E-state index in [1.165, 1.54) is 35.9 Å². The van der Waals surface area contributed by atoms with Gasteiger partial charge >= 0.3 is 12.4 Å². The molecule has 1 saturated heterocycles. The van der Waals surface area contributed by atoms with Gasteiger partial charge in [-0.15, -0.1) is 0 Å². The van der Waals surface area contributed by atoms with E-state index in [0.717, 1.165) is 18.2 Å². The van der Waals surface area contributed by atoms with Gasteiger partial charge < -0.3 is 15.5 Å². The predicted molar refractivity (Wildman–Crippen MR) is 120 cm³/mol. The van der Waals surface area contributed by atoms with E-state index in [4.69, 9.17) is 5.73 Å². The van der Waals surface area contributed by atoms with Crippen LogP contribution in [0.3, 0.4) is 0 Å². The molecular weight excluding hydrogens is 474 g/mol. The van der Waals surface area contributed by atoms with Crippen LogP contribution >= 0.6 is 0 Å². The number of nitrogens with two attached hydrogens (primary N) is 1. The summed E-state index contributed by atoms with van der Waals surface area (Å²) in [4.78, 5) is 15.2. The second-order valence-corrected chi connectivity index (χ2v) is 7.83. The molecule has 35 heavy (non-hydrogen) atoms. The second-order valence-electron chi connectivity index (χ2n) is 7.83. The monoisotopic (exact) mass is 494 g/mol. The Morgan fingerprint density at radius 1 is 0.886 bits per heavy atom. The number of rotatable bonds is 4. The van der Waals surface area contributed by atoms with E-state index in [-0.39, 0.29) is 35.8 Å². The highest BCUT2D eigenvalue weighted by molar-refractivity contribution is 5.86. The Balaban J connectivity index is 1.55. The average Bonchev–Trinajstić information content (AvgIpc) is 2.83. The standard InChI is InChI=1S/C23H20F6N6/c24-22(25,26)16-12-17(15-3-6-31-7-4-15)20(30)19(13-16)33-14-34-8-10-35(11-9-34)21-18(23(27,28)29)2-1-5-32-21/h1-7,12-14H,8-11,30H2. The van der Waals surface area contributed by atoms with Gasteiger partial charge in [-0.2, -0.15) is 26.3 Å². The quantitative estimate of drug-likeness (QED) is 0.232. The number of hydrogen-bond acceptors (Lipinski definition) is 5. The Labute approximate surface area is 196 Å². The molecule has 0 atom stereocenters. The van der Waals surface area contributed by atoms with Crippen molar-refractivity contribution >= 4 is 23.5 Å². The van der Waals surface area contributed by atoms with Crippen LogP contribution in [0.1, 0.15) is 11.1 Å². The average molecular weight is 494 g/mol. The van der Waals surface area contributed by atoms with Crippen LogP contribution in [0.5, 0.6) is 0 Å². The first kappa shape index (κ1) is 24.3. The van der Waals surface area contributed by atoms with Gasteiger partial charge in [0.25, 0.3) is 0 Å². The van der Waals surface area contributed by atoms with Gasteiger partial charge in [-0.25, -0.2) is 9.98 Å². The third-order valence-corrected chi connectivity index (χ3v) is 5.54. The van der Waals surface area contributed by atoms with Gasteiger partial charge in [-0.05, 0) is 42.0 Å². The zero-order chi connectivity index (χ0) is 25.2. The van der Waals surface area contributed by atoms with Crippen molar-refractivity contribution in [1.29, 1.82) is 0 Å². The summed E-state index contributed by atoms with van der Waals surface area (Å²) >= 11 is 0. The summed E-state index contributed by atoms with van der Waals surface area (Å²) in [5.74, 6) is -0.152. The molecule has 0 bridgehead atoms. The van der Waals surface area contributed by atoms with Gasteiger partial charge in [-0.1, -0.05) is 0 Å². The Kier molecular flexibility index (Phi) is 6.55. The van der Waals surface area contributed by atoms with Gasteiger partial charge in [-0.3, -0.25) is 4.98 Å². The molecule has 3 heterocycles. The number of piperazine rings is 1. The largest absolute Gasteiger partial charge is 0.419 e. The third kappa shape index (κ3) is 5.47. The summed E-state index contributed by atoms with van der Waals surface area (Å²) < 4.78 is 80.4. The fourth-order valence-electron chi connectivity index (χ4n) is 3.74. The minimum Gasteiger partial charge on any atom is -0.396 e. The number of alkyl halides is 6. The van der Waals surface area contributed by atoms with Crippen molar-refractivity contribution in [2.24, 2.45) is 4.99 Å². The molecule has 184 valence electrons. The Hall–Kier alpha value is -3.83. The first-order valence-electron chi connectivity index (χ1n) is 10.5. The first-order chi connectivity index (χ1) is 16.5. The molecule has 0 radical (unpaired) electrons. The highest BCUT2D eigenvalue weighted by atomic mass is 19.4. The maximum absolute atomic E-state index is 13.5. The lowest BCUT2D eigenvalue weighted by atomic mass is 10.0. The number of aromatic nitrogens is 2. The smallest absolute Gasteiger partial charge is 0.396 e. The number of pyridine rings is 2. The van der Waals surface area contributed by atoms with Crippen molar-refractivity contribution in [2.45, 2.75) is 12.4 Å². The number of nitrogen functional groups attached to an aromatic ring is 1. The van der Waals surface area contributed by atoms with Gasteiger partial charge in [0.15, 0.2) is 0 Å². The zero-order valence-corrected chi connectivity index (χ0v) is 18.2. The first-order valence-corrected chi connectivity index (χ1v) is 10.5. The summed E-state index contributed by atoms with van der Waals surface area (Å²) in [5.41, 5.74) is 5.09. The Morgan fingerprint density at radius 3 is 2.20 bits per heavy atom. The van der Waals surface area contributed by atoms with Crippen molar-refractivity contribution in [3.63, 3.8) is 0 Å². The topological polar surface area (TPSA) is 70.6 Å². The zero-order valence-electron chi connectivity index (χ0n) is 18.2. The van der Waals surface area contributed by atoms with Gasteiger partial charge in [0.1, 0.15) is 5.82 Å². The number of anilines is 2. The summed E-state index contributed by atoms with van der Waals surface area (Å²) in [6.07, 6.45) is -3.58. The summed E-state index contributed by atoms with van der Waals surface area (Å²) in [6, 6.07) is 7.14. The van der Waals surface area contributed by atoms with Gasteiger partial charge in [0, 0.05) is 50.3 Å². The SMILES string of the molecule is Nc1c(N=CN2CCN(c3ncccc3C(F)(F)F)CC2)cc(C(F)(F)F)cc1-c1ccncc1. The van der Waals surface area contributed by atoms with E-state index in [2.05, 4.69) is 15.0 Å². The van der Waals surface area contributed by atoms with Crippen LogP contribution in [0.2, 0.25) is 0 Å². The molecule has 1 aliphatic heterocycles. The molecule has 1 aliphatic rings. The van der Waals surface area contributed by atoms with Crippen LogP contribution in [0.15, 0.2) is 60.0 Å². The minimum absolute atomic E-state index is 0.0573. The Morgan fingerprint density at radius 2 is 1.57 bits per heavy atom. The van der Waals surface area contributed by atoms with E-state index >= 15 is 0 Å². The summed E-state index contributed by atoms with van der Waals surface area (Å²) in [7, 11) is 0. The van der Waals surface area contributed by atoms with Crippen LogP contribution < -0.4 is 10.6 Å². The van der Waals surface area contributed by atoms with Crippen LogP contribution in [0, 0.1) is 0 Å². The lowest BCUT2D eigenvalue weighted by Crippen LogP contribution is -2.46. The van der Waals surface area contributed by atoms with Crippen molar-refractivity contribution in [1.82, 2.24) is 14.9 Å². The van der Waals surface area contributed by atoms with Crippen LogP contribution in [-0.2, 0) is 12.4 Å². The fraction of sp³-hybridized carbons (Fsp3) is 0.261. The molecule has 1 fully saturated rings. The number of benzene rings is 1. The lowest BCUT2D eigenvalue weighted by Gasteiger charge is -2.35. The third-order valence-electron chi connectivity index (χ3n) is 5.54. The normalized spacial score (nSPS) is 15.1. The second kappa shape index (κ2) is 9.43. The van der Waals surface area contributed by atoms with Crippen LogP contribution in [0.25, 0.3) is 11.1 Å². The van der Waals surface area contributed by atoms with E-state index < -0.39 is 23.5 Å². The molecule has 0 saturated carbocycles. The maximum Gasteiger partial charge on any atom is 0.419 e. The molecule has 2 N–H and O–H groups in total. The van der Waals surface area contributed by atoms with Crippen molar-refractivity contribution in [3.8, 4) is 11.1 Å². The maximum atomic E-state index is 13.5. The van der Waals surface area contributed by atoms with Crippen LogP contribution in [-0.4, -0.2) is 47.4 Å². The van der Waals surface area contributed by atoms with Crippen molar-refractivity contribution < 1.29 is 26.3 Å². The summed E-state index contributed by atoms with van der Waals surface area (Å²) in [6.45, 7) is 1.06. The van der Waals surface area contributed by atoms with E-state index in [0.29, 0.717) is 18.7 Å². The number of halogens is 6. The number of nitrogens with zero attached hydrogens (tertiary/aromatic N) is 5. The molecule has 12 heteroatoms. The molecule has 0 spiro atoms. The van der Waals surface area contributed by atoms with E-state index in [1.807, 2.05) is 0 Å². The molecular formula is C23H20F6N6. The molecule has 3 aromatic rings. The van der Waals surface area contributed by atoms with Gasteiger partial charge in [0.05, 0.1) is 28.8 Å². The summed E-state index contributed by atoms with van der Waals surface area (Å²) in [5, 5.41) is 0. The van der Waals surface area contributed by atoms with E-state index in [9.17, 15) is 26.3 Å². The number of hydrogen-bond donors (Lipinski definition) is 1.